The van der Waals surface area contributed by atoms with Crippen LogP contribution < -0.4 is 10.2 Å². The molecule has 0 aliphatic heterocycles. The first-order valence-electron chi connectivity index (χ1n) is 7.77. The third-order valence-corrected chi connectivity index (χ3v) is 4.64. The summed E-state index contributed by atoms with van der Waals surface area (Å²) in [5.41, 5.74) is 2.94. The summed E-state index contributed by atoms with van der Waals surface area (Å²) in [4.78, 5) is 17.2. The maximum Gasteiger partial charge on any atom is 0.202 e. The van der Waals surface area contributed by atoms with Crippen molar-refractivity contribution in [2.45, 2.75) is 33.6 Å². The van der Waals surface area contributed by atoms with Gasteiger partial charge in [-0.3, -0.25) is 4.79 Å². The van der Waals surface area contributed by atoms with Gasteiger partial charge in [-0.15, -0.1) is 11.3 Å². The molecule has 0 amide bonds. The van der Waals surface area contributed by atoms with E-state index in [0.29, 0.717) is 28.1 Å². The van der Waals surface area contributed by atoms with Crippen molar-refractivity contribution in [1.29, 1.82) is 0 Å². The van der Waals surface area contributed by atoms with Gasteiger partial charge in [0.15, 0.2) is 0 Å². The van der Waals surface area contributed by atoms with E-state index in [2.05, 4.69) is 18.8 Å². The molecule has 0 bridgehead atoms. The Balaban J connectivity index is 2.16. The van der Waals surface area contributed by atoms with Gasteiger partial charge in [0.25, 0.3) is 0 Å². The maximum absolute atomic E-state index is 12.8. The molecule has 1 aromatic carbocycles. The van der Waals surface area contributed by atoms with Crippen LogP contribution in [-0.2, 0) is 6.42 Å². The van der Waals surface area contributed by atoms with Gasteiger partial charge >= 0.3 is 0 Å². The highest BCUT2D eigenvalue weighted by atomic mass is 32.1. The average Bonchev–Trinajstić information content (AvgIpc) is 2.98. The van der Waals surface area contributed by atoms with Gasteiger partial charge in [0, 0.05) is 17.1 Å². The predicted molar refractivity (Wildman–Crippen MR) is 93.5 cm³/mol. The SMILES string of the molecule is CCCOc1cc2occ(-c3nc(C)cs3)c(=O)c2cc1CC. The van der Waals surface area contributed by atoms with Gasteiger partial charge in [0.1, 0.15) is 22.6 Å². The molecule has 4 nitrogen and oxygen atoms in total. The number of benzene rings is 1. The number of fused-ring (bicyclic) bond motifs is 1. The van der Waals surface area contributed by atoms with Gasteiger partial charge in [-0.1, -0.05) is 13.8 Å². The molecule has 0 saturated heterocycles. The first-order chi connectivity index (χ1) is 11.1. The van der Waals surface area contributed by atoms with E-state index >= 15 is 0 Å². The molecule has 0 aliphatic rings. The van der Waals surface area contributed by atoms with Crippen LogP contribution in [0.4, 0.5) is 0 Å². The van der Waals surface area contributed by atoms with E-state index in [1.165, 1.54) is 17.6 Å². The van der Waals surface area contributed by atoms with Crippen molar-refractivity contribution in [3.05, 3.63) is 45.3 Å². The van der Waals surface area contributed by atoms with Crippen LogP contribution in [0, 0.1) is 6.92 Å². The third-order valence-electron chi connectivity index (χ3n) is 3.65. The van der Waals surface area contributed by atoms with Crippen LogP contribution in [0.5, 0.6) is 5.75 Å². The Morgan fingerprint density at radius 1 is 1.30 bits per heavy atom. The van der Waals surface area contributed by atoms with Crippen molar-refractivity contribution >= 4 is 22.3 Å². The molecule has 120 valence electrons. The van der Waals surface area contributed by atoms with Crippen LogP contribution in [0.1, 0.15) is 31.5 Å². The number of nitrogens with zero attached hydrogens (tertiary/aromatic N) is 1. The van der Waals surface area contributed by atoms with E-state index in [-0.39, 0.29) is 5.43 Å². The first-order valence-corrected chi connectivity index (χ1v) is 8.65. The summed E-state index contributed by atoms with van der Waals surface area (Å²) in [7, 11) is 0. The van der Waals surface area contributed by atoms with Crippen LogP contribution in [0.15, 0.2) is 33.0 Å². The Morgan fingerprint density at radius 3 is 2.78 bits per heavy atom. The van der Waals surface area contributed by atoms with Crippen molar-refractivity contribution in [1.82, 2.24) is 4.98 Å². The van der Waals surface area contributed by atoms with Crippen molar-refractivity contribution in [2.24, 2.45) is 0 Å². The van der Waals surface area contributed by atoms with E-state index < -0.39 is 0 Å². The molecule has 0 atom stereocenters. The van der Waals surface area contributed by atoms with Gasteiger partial charge in [-0.05, 0) is 31.4 Å². The Kier molecular flexibility index (Phi) is 4.48. The average molecular weight is 329 g/mol. The fourth-order valence-electron chi connectivity index (χ4n) is 2.45. The predicted octanol–water partition coefficient (Wildman–Crippen LogP) is 4.58. The summed E-state index contributed by atoms with van der Waals surface area (Å²) in [6.07, 6.45) is 3.24. The smallest absolute Gasteiger partial charge is 0.202 e. The lowest BCUT2D eigenvalue weighted by Crippen LogP contribution is -2.06. The monoisotopic (exact) mass is 329 g/mol. The van der Waals surface area contributed by atoms with Crippen LogP contribution in [0.25, 0.3) is 21.5 Å². The zero-order valence-electron chi connectivity index (χ0n) is 13.5. The van der Waals surface area contributed by atoms with E-state index in [1.54, 1.807) is 0 Å². The lowest BCUT2D eigenvalue weighted by Gasteiger charge is -2.11. The quantitative estimate of drug-likeness (QED) is 0.688. The molecule has 0 fully saturated rings. The zero-order valence-corrected chi connectivity index (χ0v) is 14.3. The summed E-state index contributed by atoms with van der Waals surface area (Å²) >= 11 is 1.45. The second-order valence-electron chi connectivity index (χ2n) is 5.43. The maximum atomic E-state index is 12.8. The van der Waals surface area contributed by atoms with Gasteiger partial charge in [-0.2, -0.15) is 0 Å². The Morgan fingerprint density at radius 2 is 2.13 bits per heavy atom. The number of aryl methyl sites for hydroxylation is 2. The number of rotatable bonds is 5. The molecular formula is C18H19NO3S. The second-order valence-corrected chi connectivity index (χ2v) is 6.29. The van der Waals surface area contributed by atoms with Crippen molar-refractivity contribution in [3.63, 3.8) is 0 Å². The normalized spacial score (nSPS) is 11.1. The summed E-state index contributed by atoms with van der Waals surface area (Å²) < 4.78 is 11.5. The highest BCUT2D eigenvalue weighted by Gasteiger charge is 2.14. The summed E-state index contributed by atoms with van der Waals surface area (Å²) in [6, 6.07) is 3.71. The van der Waals surface area contributed by atoms with Gasteiger partial charge < -0.3 is 9.15 Å². The summed E-state index contributed by atoms with van der Waals surface area (Å²) in [5, 5.41) is 3.21. The molecule has 3 rings (SSSR count). The highest BCUT2D eigenvalue weighted by Crippen LogP contribution is 2.28. The minimum Gasteiger partial charge on any atom is -0.493 e. The lowest BCUT2D eigenvalue weighted by molar-refractivity contribution is 0.314. The first kappa shape index (κ1) is 15.7. The number of hydrogen-bond donors (Lipinski definition) is 0. The highest BCUT2D eigenvalue weighted by molar-refractivity contribution is 7.13. The minimum absolute atomic E-state index is 0.0441. The zero-order chi connectivity index (χ0) is 16.4. The standard InChI is InChI=1S/C18H19NO3S/c1-4-6-21-15-8-16-13(7-12(15)5-2)17(20)14(9-22-16)18-19-11(3)10-23-18/h7-10H,4-6H2,1-3H3. The fraction of sp³-hybridized carbons (Fsp3) is 0.333. The molecule has 0 spiro atoms. The topological polar surface area (TPSA) is 52.3 Å². The molecule has 23 heavy (non-hydrogen) atoms. The Hall–Kier alpha value is -2.14. The van der Waals surface area contributed by atoms with Crippen molar-refractivity contribution < 1.29 is 9.15 Å². The summed E-state index contributed by atoms with van der Waals surface area (Å²) in [5.74, 6) is 0.794. The molecule has 2 heterocycles. The lowest BCUT2D eigenvalue weighted by atomic mass is 10.1. The van der Waals surface area contributed by atoms with Crippen molar-refractivity contribution in [2.75, 3.05) is 6.61 Å². The van der Waals surface area contributed by atoms with Crippen LogP contribution in [0.2, 0.25) is 0 Å². The van der Waals surface area contributed by atoms with Gasteiger partial charge in [0.2, 0.25) is 5.43 Å². The van der Waals surface area contributed by atoms with E-state index in [0.717, 1.165) is 29.8 Å². The van der Waals surface area contributed by atoms with Crippen LogP contribution in [0.3, 0.4) is 0 Å². The fourth-order valence-corrected chi connectivity index (χ4v) is 3.25. The van der Waals surface area contributed by atoms with E-state index in [1.807, 2.05) is 24.4 Å². The van der Waals surface area contributed by atoms with Crippen molar-refractivity contribution in [3.8, 4) is 16.3 Å². The molecule has 0 aliphatic carbocycles. The van der Waals surface area contributed by atoms with Crippen LogP contribution in [-0.4, -0.2) is 11.6 Å². The number of ether oxygens (including phenoxy) is 1. The van der Waals surface area contributed by atoms with Crippen LogP contribution >= 0.6 is 11.3 Å². The largest absolute Gasteiger partial charge is 0.493 e. The Bertz CT molecular complexity index is 895. The second kappa shape index (κ2) is 6.54. The molecule has 2 aromatic heterocycles. The molecule has 5 heteroatoms. The number of hydrogen-bond acceptors (Lipinski definition) is 5. The summed E-state index contributed by atoms with van der Waals surface area (Å²) in [6.45, 7) is 6.68. The number of aromatic nitrogens is 1. The Labute approximate surface area is 138 Å². The molecule has 0 N–H and O–H groups in total. The molecule has 0 unspecified atom stereocenters. The van der Waals surface area contributed by atoms with E-state index in [9.17, 15) is 4.79 Å². The minimum atomic E-state index is -0.0441. The molecular weight excluding hydrogens is 310 g/mol. The van der Waals surface area contributed by atoms with Gasteiger partial charge in [-0.25, -0.2) is 4.98 Å². The van der Waals surface area contributed by atoms with E-state index in [4.69, 9.17) is 9.15 Å². The third kappa shape index (κ3) is 3.01. The number of thiazole rings is 1. The van der Waals surface area contributed by atoms with Gasteiger partial charge in [0.05, 0.1) is 17.6 Å². The molecule has 0 saturated carbocycles. The molecule has 3 aromatic rings. The molecule has 0 radical (unpaired) electrons.